The van der Waals surface area contributed by atoms with Gasteiger partial charge in [-0.1, -0.05) is 0 Å². The third kappa shape index (κ3) is 4.17. The molecule has 1 N–H and O–H groups in total. The molecular weight excluding hydrogens is 448 g/mol. The average Bonchev–Trinajstić information content (AvgIpc) is 2.45. The molecule has 5 nitrogen and oxygen atoms in total. The van der Waals surface area contributed by atoms with E-state index in [0.717, 1.165) is 20.3 Å². The lowest BCUT2D eigenvalue weighted by atomic mass is 10.3. The summed E-state index contributed by atoms with van der Waals surface area (Å²) < 4.78 is 23.7. The Kier molecular flexibility index (Phi) is 6.40. The molecule has 0 spiro atoms. The van der Waals surface area contributed by atoms with Gasteiger partial charge in [0, 0.05) is 3.57 Å². The fourth-order valence-electron chi connectivity index (χ4n) is 1.21. The lowest BCUT2D eigenvalue weighted by Crippen LogP contribution is -2.16. The number of hydrogen-bond acceptors (Lipinski definition) is 5. The van der Waals surface area contributed by atoms with E-state index in [1.54, 1.807) is 6.07 Å². The second-order valence-electron chi connectivity index (χ2n) is 3.42. The fraction of sp³-hybridized carbons (Fsp3) is 0.167. The third-order valence-corrected chi connectivity index (χ3v) is 3.68. The molecule has 0 heterocycles. The summed E-state index contributed by atoms with van der Waals surface area (Å²) in [5.41, 5.74) is -0.171. The molecule has 0 radical (unpaired) electrons. The van der Waals surface area contributed by atoms with Crippen LogP contribution in [0.2, 0.25) is 0 Å². The van der Waals surface area contributed by atoms with Gasteiger partial charge in [-0.05, 0) is 50.7 Å². The Morgan fingerprint density at radius 3 is 2.55 bits per heavy atom. The van der Waals surface area contributed by atoms with E-state index in [0.29, 0.717) is 3.57 Å². The van der Waals surface area contributed by atoms with Crippen molar-refractivity contribution in [2.45, 2.75) is 0 Å². The van der Waals surface area contributed by atoms with Gasteiger partial charge in [-0.15, -0.1) is 0 Å². The van der Waals surface area contributed by atoms with Crippen molar-refractivity contribution in [1.29, 1.82) is 0 Å². The van der Waals surface area contributed by atoms with Crippen molar-refractivity contribution in [2.75, 3.05) is 19.5 Å². The van der Waals surface area contributed by atoms with Crippen LogP contribution in [0.5, 0.6) is 0 Å². The molecule has 0 amide bonds. The number of nitrogens with one attached hydrogen (secondary N) is 1. The molecule has 0 fully saturated rings. The van der Waals surface area contributed by atoms with Crippen molar-refractivity contribution in [1.82, 2.24) is 0 Å². The maximum absolute atomic E-state index is 14.0. The van der Waals surface area contributed by atoms with E-state index in [2.05, 4.69) is 30.7 Å². The van der Waals surface area contributed by atoms with Gasteiger partial charge in [0.05, 0.1) is 30.5 Å². The van der Waals surface area contributed by atoms with Crippen LogP contribution in [0.3, 0.4) is 0 Å². The number of esters is 2. The van der Waals surface area contributed by atoms with Gasteiger partial charge < -0.3 is 14.8 Å². The average molecular weight is 458 g/mol. The van der Waals surface area contributed by atoms with Gasteiger partial charge >= 0.3 is 11.9 Å². The first-order valence-electron chi connectivity index (χ1n) is 5.19. The van der Waals surface area contributed by atoms with Crippen molar-refractivity contribution in [2.24, 2.45) is 0 Å². The molecule has 1 aromatic rings. The van der Waals surface area contributed by atoms with E-state index in [4.69, 9.17) is 0 Å². The molecule has 0 saturated carbocycles. The maximum atomic E-state index is 14.0. The lowest BCUT2D eigenvalue weighted by molar-refractivity contribution is -0.138. The van der Waals surface area contributed by atoms with Crippen molar-refractivity contribution >= 4 is 56.1 Å². The van der Waals surface area contributed by atoms with E-state index in [9.17, 15) is 14.0 Å². The SMILES string of the molecule is COC(=O)/C=C(/Nc1c(I)ccc(Br)c1F)C(=O)OC. The normalized spacial score (nSPS) is 10.9. The zero-order valence-electron chi connectivity index (χ0n) is 10.5. The molecule has 1 aromatic carbocycles. The first-order valence-corrected chi connectivity index (χ1v) is 7.06. The number of rotatable bonds is 4. The minimum atomic E-state index is -0.814. The Bertz CT molecular complexity index is 577. The molecule has 108 valence electrons. The van der Waals surface area contributed by atoms with Crippen LogP contribution in [0, 0.1) is 9.39 Å². The molecule has 0 aromatic heterocycles. The number of carbonyl (C=O) groups is 2. The monoisotopic (exact) mass is 457 g/mol. The van der Waals surface area contributed by atoms with Gasteiger partial charge in [0.25, 0.3) is 0 Å². The highest BCUT2D eigenvalue weighted by molar-refractivity contribution is 14.1. The second kappa shape index (κ2) is 7.58. The molecule has 0 atom stereocenters. The summed E-state index contributed by atoms with van der Waals surface area (Å²) in [6, 6.07) is 3.17. The topological polar surface area (TPSA) is 64.6 Å². The molecule has 0 aliphatic rings. The van der Waals surface area contributed by atoms with Crippen LogP contribution in [0.1, 0.15) is 0 Å². The van der Waals surface area contributed by atoms with E-state index < -0.39 is 17.8 Å². The molecular formula is C12H10BrFINO4. The van der Waals surface area contributed by atoms with E-state index in [1.165, 1.54) is 6.07 Å². The van der Waals surface area contributed by atoms with E-state index in [1.807, 2.05) is 22.6 Å². The smallest absolute Gasteiger partial charge is 0.354 e. The van der Waals surface area contributed by atoms with Crippen LogP contribution in [-0.2, 0) is 19.1 Å². The highest BCUT2D eigenvalue weighted by atomic mass is 127. The number of halogens is 3. The lowest BCUT2D eigenvalue weighted by Gasteiger charge is -2.12. The quantitative estimate of drug-likeness (QED) is 0.326. The Balaban J connectivity index is 3.21. The number of hydrogen-bond donors (Lipinski definition) is 1. The summed E-state index contributed by atoms with van der Waals surface area (Å²) in [4.78, 5) is 22.8. The first kappa shape index (κ1) is 16.9. The highest BCUT2D eigenvalue weighted by Crippen LogP contribution is 2.29. The van der Waals surface area contributed by atoms with E-state index in [-0.39, 0.29) is 15.9 Å². The predicted octanol–water partition coefficient (Wildman–Crippen LogP) is 2.83. The van der Waals surface area contributed by atoms with Crippen LogP contribution < -0.4 is 5.32 Å². The van der Waals surface area contributed by atoms with Gasteiger partial charge in [-0.2, -0.15) is 0 Å². The van der Waals surface area contributed by atoms with Crippen molar-refractivity contribution in [3.63, 3.8) is 0 Å². The molecule has 0 aliphatic carbocycles. The second-order valence-corrected chi connectivity index (χ2v) is 5.43. The summed E-state index contributed by atoms with van der Waals surface area (Å²) in [6.45, 7) is 0. The Hall–Kier alpha value is -1.16. The molecule has 20 heavy (non-hydrogen) atoms. The van der Waals surface area contributed by atoms with Gasteiger partial charge in [0.2, 0.25) is 0 Å². The van der Waals surface area contributed by atoms with Gasteiger partial charge in [0.1, 0.15) is 5.70 Å². The number of carbonyl (C=O) groups excluding carboxylic acids is 2. The highest BCUT2D eigenvalue weighted by Gasteiger charge is 2.17. The van der Waals surface area contributed by atoms with Crippen molar-refractivity contribution in [3.05, 3.63) is 37.8 Å². The summed E-state index contributed by atoms with van der Waals surface area (Å²) in [6.07, 6.45) is 0.891. The fourth-order valence-corrected chi connectivity index (χ4v) is 2.09. The predicted molar refractivity (Wildman–Crippen MR) is 82.6 cm³/mol. The summed E-state index contributed by atoms with van der Waals surface area (Å²) in [7, 11) is 2.31. The Morgan fingerprint density at radius 2 is 2.00 bits per heavy atom. The van der Waals surface area contributed by atoms with Crippen molar-refractivity contribution in [3.8, 4) is 0 Å². The van der Waals surface area contributed by atoms with Gasteiger partial charge in [0.15, 0.2) is 5.82 Å². The van der Waals surface area contributed by atoms with Gasteiger partial charge in [-0.25, -0.2) is 14.0 Å². The molecule has 0 bridgehead atoms. The van der Waals surface area contributed by atoms with Gasteiger partial charge in [-0.3, -0.25) is 0 Å². The van der Waals surface area contributed by atoms with Crippen LogP contribution in [0.4, 0.5) is 10.1 Å². The van der Waals surface area contributed by atoms with Crippen molar-refractivity contribution < 1.29 is 23.5 Å². The molecule has 0 saturated heterocycles. The van der Waals surface area contributed by atoms with Crippen LogP contribution in [-0.4, -0.2) is 26.2 Å². The number of methoxy groups -OCH3 is 2. The zero-order chi connectivity index (χ0) is 15.3. The minimum Gasteiger partial charge on any atom is -0.466 e. The summed E-state index contributed by atoms with van der Waals surface area (Å²) >= 11 is 4.94. The largest absolute Gasteiger partial charge is 0.466 e. The van der Waals surface area contributed by atoms with Crippen LogP contribution in [0.15, 0.2) is 28.4 Å². The zero-order valence-corrected chi connectivity index (χ0v) is 14.2. The standard InChI is InChI=1S/C12H10BrFINO4/c1-19-9(17)5-8(12(18)20-2)16-11-7(15)4-3-6(13)10(11)14/h3-5,16H,1-2H3/b8-5+. The van der Waals surface area contributed by atoms with E-state index >= 15 is 0 Å². The minimum absolute atomic E-state index is 0.0560. The third-order valence-electron chi connectivity index (χ3n) is 2.17. The number of benzene rings is 1. The maximum Gasteiger partial charge on any atom is 0.354 e. The Labute approximate surface area is 136 Å². The first-order chi connectivity index (χ1) is 9.40. The molecule has 0 aliphatic heterocycles. The number of ether oxygens (including phenoxy) is 2. The molecule has 8 heteroatoms. The van der Waals surface area contributed by atoms with Crippen LogP contribution >= 0.6 is 38.5 Å². The Morgan fingerprint density at radius 1 is 1.35 bits per heavy atom. The molecule has 0 unspecified atom stereocenters. The number of anilines is 1. The van der Waals surface area contributed by atoms with Crippen LogP contribution in [0.25, 0.3) is 0 Å². The summed E-state index contributed by atoms with van der Waals surface area (Å²) in [5.74, 6) is -2.16. The molecule has 1 rings (SSSR count). The summed E-state index contributed by atoms with van der Waals surface area (Å²) in [5, 5.41) is 2.55.